The third-order valence-electron chi connectivity index (χ3n) is 3.19. The van der Waals surface area contributed by atoms with E-state index in [2.05, 4.69) is 32.2 Å². The lowest BCUT2D eigenvalue weighted by Gasteiger charge is -2.03. The highest BCUT2D eigenvalue weighted by molar-refractivity contribution is 5.85. The molecule has 2 N–H and O–H groups in total. The van der Waals surface area contributed by atoms with Crippen LogP contribution in [0.3, 0.4) is 0 Å². The van der Waals surface area contributed by atoms with E-state index < -0.39 is 0 Å². The number of aromatic amines is 1. The number of nitrogens with one attached hydrogen (secondary N) is 2. The van der Waals surface area contributed by atoms with E-state index in [1.54, 1.807) is 7.11 Å². The summed E-state index contributed by atoms with van der Waals surface area (Å²) in [7, 11) is 1.65. The Kier molecular flexibility index (Phi) is 3.68. The Bertz CT molecular complexity index is 735. The highest BCUT2D eigenvalue weighted by Gasteiger charge is 2.10. The van der Waals surface area contributed by atoms with Crippen molar-refractivity contribution in [2.24, 2.45) is 0 Å². The summed E-state index contributed by atoms with van der Waals surface area (Å²) in [4.78, 5) is 16.3. The first-order chi connectivity index (χ1) is 10.3. The Morgan fingerprint density at radius 2 is 2.00 bits per heavy atom. The van der Waals surface area contributed by atoms with Crippen LogP contribution in [0.4, 0.5) is 5.82 Å². The SMILES string of the molecule is CCCNc1ncnc2nc(-c3ccc(OC)cc3)[nH]c12. The number of hydrogen-bond donors (Lipinski definition) is 2. The van der Waals surface area contributed by atoms with Crippen LogP contribution in [-0.4, -0.2) is 33.6 Å². The van der Waals surface area contributed by atoms with Crippen LogP contribution in [0.5, 0.6) is 5.75 Å². The average molecular weight is 283 g/mol. The van der Waals surface area contributed by atoms with Gasteiger partial charge in [-0.3, -0.25) is 0 Å². The van der Waals surface area contributed by atoms with Crippen molar-refractivity contribution in [3.05, 3.63) is 30.6 Å². The standard InChI is InChI=1S/C15H17N5O/c1-3-8-16-14-12-15(18-9-17-14)20-13(19-12)10-4-6-11(21-2)7-5-10/h4-7,9H,3,8H2,1-2H3,(H2,16,17,18,19,20). The molecule has 0 radical (unpaired) electrons. The summed E-state index contributed by atoms with van der Waals surface area (Å²) < 4.78 is 5.16. The second-order valence-corrected chi connectivity index (χ2v) is 4.66. The van der Waals surface area contributed by atoms with E-state index in [1.807, 2.05) is 24.3 Å². The Morgan fingerprint density at radius 1 is 1.19 bits per heavy atom. The van der Waals surface area contributed by atoms with Gasteiger partial charge < -0.3 is 15.0 Å². The molecule has 1 aromatic carbocycles. The van der Waals surface area contributed by atoms with Crippen LogP contribution in [0.2, 0.25) is 0 Å². The first-order valence-electron chi connectivity index (χ1n) is 6.91. The maximum atomic E-state index is 5.16. The second-order valence-electron chi connectivity index (χ2n) is 4.66. The number of imidazole rings is 1. The van der Waals surface area contributed by atoms with Gasteiger partial charge in [0.1, 0.15) is 23.4 Å². The maximum absolute atomic E-state index is 5.16. The molecule has 0 aliphatic rings. The summed E-state index contributed by atoms with van der Waals surface area (Å²) in [6.07, 6.45) is 2.56. The summed E-state index contributed by atoms with van der Waals surface area (Å²) in [5, 5.41) is 3.28. The van der Waals surface area contributed by atoms with Gasteiger partial charge in [0.15, 0.2) is 11.5 Å². The van der Waals surface area contributed by atoms with Gasteiger partial charge in [-0.25, -0.2) is 15.0 Å². The molecule has 0 unspecified atom stereocenters. The van der Waals surface area contributed by atoms with Gasteiger partial charge in [-0.1, -0.05) is 6.92 Å². The number of benzene rings is 1. The molecule has 0 spiro atoms. The second kappa shape index (κ2) is 5.78. The first kappa shape index (κ1) is 13.4. The lowest BCUT2D eigenvalue weighted by Crippen LogP contribution is -2.02. The smallest absolute Gasteiger partial charge is 0.183 e. The molecule has 3 rings (SSSR count). The van der Waals surface area contributed by atoms with Crippen LogP contribution in [0.25, 0.3) is 22.6 Å². The predicted octanol–water partition coefficient (Wildman–Crippen LogP) is 2.85. The topological polar surface area (TPSA) is 75.7 Å². The van der Waals surface area contributed by atoms with Crippen molar-refractivity contribution in [2.45, 2.75) is 13.3 Å². The van der Waals surface area contributed by atoms with E-state index in [1.165, 1.54) is 6.33 Å². The fourth-order valence-electron chi connectivity index (χ4n) is 2.09. The molecule has 0 bridgehead atoms. The normalized spacial score (nSPS) is 10.8. The number of rotatable bonds is 5. The van der Waals surface area contributed by atoms with Crippen LogP contribution in [0.1, 0.15) is 13.3 Å². The molecule has 0 amide bonds. The number of aromatic nitrogens is 4. The number of nitrogens with zero attached hydrogens (tertiary/aromatic N) is 3. The summed E-state index contributed by atoms with van der Waals surface area (Å²) >= 11 is 0. The molecule has 2 aromatic heterocycles. The zero-order chi connectivity index (χ0) is 14.7. The fraction of sp³-hybridized carbons (Fsp3) is 0.267. The van der Waals surface area contributed by atoms with Crippen molar-refractivity contribution in [2.75, 3.05) is 19.0 Å². The summed E-state index contributed by atoms with van der Waals surface area (Å²) in [5.41, 5.74) is 2.47. The van der Waals surface area contributed by atoms with Crippen molar-refractivity contribution >= 4 is 17.0 Å². The monoisotopic (exact) mass is 283 g/mol. The minimum atomic E-state index is 0.662. The van der Waals surface area contributed by atoms with Gasteiger partial charge >= 0.3 is 0 Å². The summed E-state index contributed by atoms with van der Waals surface area (Å²) in [6, 6.07) is 7.74. The zero-order valence-electron chi connectivity index (χ0n) is 12.1. The molecule has 2 heterocycles. The Balaban J connectivity index is 1.99. The number of anilines is 1. The Labute approximate surface area is 122 Å². The third-order valence-corrected chi connectivity index (χ3v) is 3.19. The number of methoxy groups -OCH3 is 1. The summed E-state index contributed by atoms with van der Waals surface area (Å²) in [5.74, 6) is 2.38. The maximum Gasteiger partial charge on any atom is 0.183 e. The van der Waals surface area contributed by atoms with E-state index in [0.29, 0.717) is 5.65 Å². The van der Waals surface area contributed by atoms with Gasteiger partial charge in [0, 0.05) is 12.1 Å². The highest BCUT2D eigenvalue weighted by atomic mass is 16.5. The molecule has 0 saturated carbocycles. The van der Waals surface area contributed by atoms with Gasteiger partial charge in [-0.2, -0.15) is 0 Å². The highest BCUT2D eigenvalue weighted by Crippen LogP contribution is 2.24. The minimum Gasteiger partial charge on any atom is -0.497 e. The van der Waals surface area contributed by atoms with Crippen molar-refractivity contribution < 1.29 is 4.74 Å². The predicted molar refractivity (Wildman–Crippen MR) is 82.5 cm³/mol. The molecular formula is C15H17N5O. The molecular weight excluding hydrogens is 266 g/mol. The minimum absolute atomic E-state index is 0.662. The molecule has 108 valence electrons. The van der Waals surface area contributed by atoms with E-state index in [9.17, 15) is 0 Å². The van der Waals surface area contributed by atoms with Crippen LogP contribution in [0, 0.1) is 0 Å². The lowest BCUT2D eigenvalue weighted by molar-refractivity contribution is 0.415. The molecule has 0 aliphatic heterocycles. The lowest BCUT2D eigenvalue weighted by atomic mass is 10.2. The zero-order valence-corrected chi connectivity index (χ0v) is 12.1. The van der Waals surface area contributed by atoms with E-state index in [0.717, 1.165) is 41.4 Å². The number of hydrogen-bond acceptors (Lipinski definition) is 5. The summed E-state index contributed by atoms with van der Waals surface area (Å²) in [6.45, 7) is 2.98. The molecule has 0 saturated heterocycles. The van der Waals surface area contributed by atoms with Gasteiger partial charge in [0.05, 0.1) is 7.11 Å². The molecule has 0 atom stereocenters. The Morgan fingerprint density at radius 3 is 2.71 bits per heavy atom. The van der Waals surface area contributed by atoms with Crippen LogP contribution >= 0.6 is 0 Å². The van der Waals surface area contributed by atoms with E-state index in [-0.39, 0.29) is 0 Å². The molecule has 6 nitrogen and oxygen atoms in total. The first-order valence-corrected chi connectivity index (χ1v) is 6.91. The van der Waals surface area contributed by atoms with Crippen molar-refractivity contribution in [1.82, 2.24) is 19.9 Å². The van der Waals surface area contributed by atoms with Crippen molar-refractivity contribution in [1.29, 1.82) is 0 Å². The van der Waals surface area contributed by atoms with Crippen LogP contribution in [-0.2, 0) is 0 Å². The van der Waals surface area contributed by atoms with E-state index >= 15 is 0 Å². The fourth-order valence-corrected chi connectivity index (χ4v) is 2.09. The third kappa shape index (κ3) is 2.65. The van der Waals surface area contributed by atoms with Gasteiger partial charge in [0.2, 0.25) is 0 Å². The van der Waals surface area contributed by atoms with E-state index in [4.69, 9.17) is 4.74 Å². The Hall–Kier alpha value is -2.63. The molecule has 6 heteroatoms. The van der Waals surface area contributed by atoms with Crippen LogP contribution in [0.15, 0.2) is 30.6 Å². The van der Waals surface area contributed by atoms with Gasteiger partial charge in [-0.05, 0) is 30.7 Å². The number of fused-ring (bicyclic) bond motifs is 1. The quantitative estimate of drug-likeness (QED) is 0.753. The molecule has 21 heavy (non-hydrogen) atoms. The van der Waals surface area contributed by atoms with Gasteiger partial charge in [0.25, 0.3) is 0 Å². The largest absolute Gasteiger partial charge is 0.497 e. The molecule has 0 fully saturated rings. The number of H-pyrrole nitrogens is 1. The van der Waals surface area contributed by atoms with Crippen molar-refractivity contribution in [3.63, 3.8) is 0 Å². The van der Waals surface area contributed by atoms with Crippen LogP contribution < -0.4 is 10.1 Å². The number of ether oxygens (including phenoxy) is 1. The van der Waals surface area contributed by atoms with Gasteiger partial charge in [-0.15, -0.1) is 0 Å². The average Bonchev–Trinajstić information content (AvgIpc) is 2.97. The molecule has 0 aliphatic carbocycles. The van der Waals surface area contributed by atoms with Crippen molar-refractivity contribution in [3.8, 4) is 17.1 Å². The molecule has 3 aromatic rings.